The van der Waals surface area contributed by atoms with E-state index in [0.29, 0.717) is 54.9 Å². The van der Waals surface area contributed by atoms with Crippen LogP contribution in [0.4, 0.5) is 5.69 Å². The molecule has 0 bridgehead atoms. The van der Waals surface area contributed by atoms with Gasteiger partial charge in [-0.3, -0.25) is 14.5 Å². The number of hydrogen-bond acceptors (Lipinski definition) is 7. The van der Waals surface area contributed by atoms with Crippen LogP contribution in [-0.4, -0.2) is 78.2 Å². The normalized spacial score (nSPS) is 16.0. The second kappa shape index (κ2) is 8.00. The van der Waals surface area contributed by atoms with Crippen LogP contribution in [-0.2, 0) is 4.79 Å². The van der Waals surface area contributed by atoms with Crippen LogP contribution in [0.3, 0.4) is 0 Å². The van der Waals surface area contributed by atoms with Crippen LogP contribution in [0.25, 0.3) is 0 Å². The van der Waals surface area contributed by atoms with Gasteiger partial charge in [-0.15, -0.1) is 0 Å². The largest absolute Gasteiger partial charge is 0.494 e. The molecular formula is C19H23N5O5. The summed E-state index contributed by atoms with van der Waals surface area (Å²) in [4.78, 5) is 35.8. The third kappa shape index (κ3) is 4.11. The fraction of sp³-hybridized carbons (Fsp3) is 0.421. The molecule has 4 rings (SSSR count). The summed E-state index contributed by atoms with van der Waals surface area (Å²) < 4.78 is 16.0. The minimum absolute atomic E-state index is 0.118. The third-order valence-corrected chi connectivity index (χ3v) is 4.90. The molecule has 0 saturated carbocycles. The van der Waals surface area contributed by atoms with Gasteiger partial charge < -0.3 is 29.4 Å². The molecule has 0 atom stereocenters. The zero-order valence-corrected chi connectivity index (χ0v) is 16.4. The van der Waals surface area contributed by atoms with Gasteiger partial charge in [0.05, 0.1) is 25.0 Å². The van der Waals surface area contributed by atoms with Crippen molar-refractivity contribution in [2.75, 3.05) is 51.9 Å². The number of carbonyl (C=O) groups excluding carboxylic acids is 2. The summed E-state index contributed by atoms with van der Waals surface area (Å²) in [6.07, 6.45) is 1.71. The Hall–Kier alpha value is -3.27. The molecule has 1 saturated heterocycles. The lowest BCUT2D eigenvalue weighted by molar-refractivity contribution is -0.117. The lowest BCUT2D eigenvalue weighted by atomic mass is 10.2. The maximum absolute atomic E-state index is 12.5. The number of methoxy groups -OCH3 is 1. The van der Waals surface area contributed by atoms with Gasteiger partial charge in [-0.25, -0.2) is 4.98 Å². The molecule has 2 aliphatic rings. The number of carbonyl (C=O) groups is 2. The highest BCUT2D eigenvalue weighted by Crippen LogP contribution is 2.40. The van der Waals surface area contributed by atoms with E-state index < -0.39 is 0 Å². The third-order valence-electron chi connectivity index (χ3n) is 4.90. The standard InChI is InChI=1S/C19H23N5O5/c1-12-9-20-18(21-12)19(26)24-5-3-23(4-6-24)10-17(25)22-13-7-15-16(29-11-28-15)8-14(13)27-2/h7-9H,3-6,10-11H2,1-2H3,(H,20,21)(H,22,25). The fourth-order valence-corrected chi connectivity index (χ4v) is 3.36. The average Bonchev–Trinajstić information content (AvgIpc) is 3.35. The number of aromatic amines is 1. The smallest absolute Gasteiger partial charge is 0.289 e. The summed E-state index contributed by atoms with van der Waals surface area (Å²) in [5.41, 5.74) is 1.31. The maximum Gasteiger partial charge on any atom is 0.289 e. The van der Waals surface area contributed by atoms with Crippen molar-refractivity contribution in [3.8, 4) is 17.2 Å². The highest BCUT2D eigenvalue weighted by molar-refractivity contribution is 5.94. The topological polar surface area (TPSA) is 109 Å². The first-order chi connectivity index (χ1) is 14.0. The SMILES string of the molecule is COc1cc2c(cc1NC(=O)CN1CCN(C(=O)c3nc(C)c[nH]3)CC1)OCO2. The molecule has 29 heavy (non-hydrogen) atoms. The number of benzene rings is 1. The second-order valence-electron chi connectivity index (χ2n) is 6.91. The molecule has 10 nitrogen and oxygen atoms in total. The number of aryl methyl sites for hydroxylation is 1. The number of aromatic nitrogens is 2. The van der Waals surface area contributed by atoms with E-state index in [-0.39, 0.29) is 25.2 Å². The van der Waals surface area contributed by atoms with Gasteiger partial charge >= 0.3 is 0 Å². The van der Waals surface area contributed by atoms with E-state index in [1.807, 2.05) is 11.8 Å². The van der Waals surface area contributed by atoms with Crippen LogP contribution in [0.2, 0.25) is 0 Å². The van der Waals surface area contributed by atoms with E-state index in [1.54, 1.807) is 23.2 Å². The average molecular weight is 401 g/mol. The Morgan fingerprint density at radius 3 is 2.59 bits per heavy atom. The first-order valence-corrected chi connectivity index (χ1v) is 9.34. The highest BCUT2D eigenvalue weighted by Gasteiger charge is 2.25. The Morgan fingerprint density at radius 1 is 1.21 bits per heavy atom. The predicted molar refractivity (Wildman–Crippen MR) is 103 cm³/mol. The Kier molecular flexibility index (Phi) is 5.26. The molecule has 2 aliphatic heterocycles. The number of H-pyrrole nitrogens is 1. The quantitative estimate of drug-likeness (QED) is 0.765. The van der Waals surface area contributed by atoms with Crippen molar-refractivity contribution in [2.24, 2.45) is 0 Å². The summed E-state index contributed by atoms with van der Waals surface area (Å²) in [6.45, 7) is 4.50. The van der Waals surface area contributed by atoms with Gasteiger partial charge in [0.15, 0.2) is 17.3 Å². The molecule has 1 aromatic heterocycles. The summed E-state index contributed by atoms with van der Waals surface area (Å²) >= 11 is 0. The van der Waals surface area contributed by atoms with E-state index in [1.165, 1.54) is 7.11 Å². The molecule has 1 aromatic carbocycles. The molecule has 0 spiro atoms. The number of hydrogen-bond donors (Lipinski definition) is 2. The Bertz CT molecular complexity index is 920. The molecule has 2 amide bonds. The van der Waals surface area contributed by atoms with Crippen molar-refractivity contribution in [1.29, 1.82) is 0 Å². The maximum atomic E-state index is 12.5. The minimum Gasteiger partial charge on any atom is -0.494 e. The van der Waals surface area contributed by atoms with Gasteiger partial charge in [0.2, 0.25) is 12.7 Å². The first kappa shape index (κ1) is 19.1. The lowest BCUT2D eigenvalue weighted by Crippen LogP contribution is -2.50. The van der Waals surface area contributed by atoms with Gasteiger partial charge in [-0.05, 0) is 6.92 Å². The van der Waals surface area contributed by atoms with E-state index in [9.17, 15) is 9.59 Å². The van der Waals surface area contributed by atoms with E-state index in [0.717, 1.165) is 5.69 Å². The molecule has 0 radical (unpaired) electrons. The minimum atomic E-state index is -0.163. The summed E-state index contributed by atoms with van der Waals surface area (Å²) in [5, 5.41) is 2.86. The number of nitrogens with one attached hydrogen (secondary N) is 2. The zero-order chi connectivity index (χ0) is 20.4. The monoisotopic (exact) mass is 401 g/mol. The number of piperazine rings is 1. The molecule has 1 fully saturated rings. The first-order valence-electron chi connectivity index (χ1n) is 9.34. The number of fused-ring (bicyclic) bond motifs is 1. The fourth-order valence-electron chi connectivity index (χ4n) is 3.36. The van der Waals surface area contributed by atoms with E-state index in [2.05, 4.69) is 15.3 Å². The highest BCUT2D eigenvalue weighted by atomic mass is 16.7. The van der Waals surface area contributed by atoms with E-state index >= 15 is 0 Å². The number of anilines is 1. The van der Waals surface area contributed by atoms with Gasteiger partial charge in [0.1, 0.15) is 5.75 Å². The number of imidazole rings is 1. The number of nitrogens with zero attached hydrogens (tertiary/aromatic N) is 3. The second-order valence-corrected chi connectivity index (χ2v) is 6.91. The molecule has 10 heteroatoms. The Labute approximate surface area is 167 Å². The summed E-state index contributed by atoms with van der Waals surface area (Å²) in [6, 6.07) is 3.39. The molecule has 0 aliphatic carbocycles. The molecule has 3 heterocycles. The summed E-state index contributed by atoms with van der Waals surface area (Å²) in [7, 11) is 1.53. The molecule has 2 N–H and O–H groups in total. The van der Waals surface area contributed by atoms with Gasteiger partial charge in [0, 0.05) is 44.5 Å². The lowest BCUT2D eigenvalue weighted by Gasteiger charge is -2.33. The van der Waals surface area contributed by atoms with Crippen LogP contribution in [0.15, 0.2) is 18.3 Å². The van der Waals surface area contributed by atoms with Crippen molar-refractivity contribution in [3.63, 3.8) is 0 Å². The predicted octanol–water partition coefficient (Wildman–Crippen LogP) is 0.852. The number of rotatable bonds is 5. The van der Waals surface area contributed by atoms with Crippen LogP contribution in [0, 0.1) is 6.92 Å². The zero-order valence-electron chi connectivity index (χ0n) is 16.4. The molecule has 2 aromatic rings. The summed E-state index contributed by atoms with van der Waals surface area (Å²) in [5.74, 6) is 1.74. The van der Waals surface area contributed by atoms with Crippen LogP contribution in [0.5, 0.6) is 17.2 Å². The van der Waals surface area contributed by atoms with Crippen LogP contribution in [0.1, 0.15) is 16.3 Å². The molecule has 154 valence electrons. The van der Waals surface area contributed by atoms with Gasteiger partial charge in [-0.1, -0.05) is 0 Å². The number of amides is 2. The van der Waals surface area contributed by atoms with Crippen LogP contribution >= 0.6 is 0 Å². The van der Waals surface area contributed by atoms with Crippen molar-refractivity contribution >= 4 is 17.5 Å². The van der Waals surface area contributed by atoms with Gasteiger partial charge in [0.25, 0.3) is 5.91 Å². The Morgan fingerprint density at radius 2 is 1.93 bits per heavy atom. The Balaban J connectivity index is 1.31. The van der Waals surface area contributed by atoms with Crippen molar-refractivity contribution < 1.29 is 23.8 Å². The van der Waals surface area contributed by atoms with Crippen molar-refractivity contribution in [2.45, 2.75) is 6.92 Å². The van der Waals surface area contributed by atoms with Crippen LogP contribution < -0.4 is 19.5 Å². The van der Waals surface area contributed by atoms with Crippen molar-refractivity contribution in [1.82, 2.24) is 19.8 Å². The molecule has 0 unspecified atom stereocenters. The number of ether oxygens (including phenoxy) is 3. The molecular weight excluding hydrogens is 378 g/mol. The van der Waals surface area contributed by atoms with Crippen molar-refractivity contribution in [3.05, 3.63) is 29.8 Å². The van der Waals surface area contributed by atoms with E-state index in [4.69, 9.17) is 14.2 Å². The van der Waals surface area contributed by atoms with Gasteiger partial charge in [-0.2, -0.15) is 0 Å².